The molecule has 0 aliphatic rings. The number of hydrogen-bond donors (Lipinski definition) is 2. The van der Waals surface area contributed by atoms with Crippen molar-refractivity contribution in [2.75, 3.05) is 6.54 Å². The van der Waals surface area contributed by atoms with Crippen LogP contribution in [-0.2, 0) is 13.1 Å². The number of nitrogens with zero attached hydrogens (tertiary/aromatic N) is 3. The molecule has 0 saturated heterocycles. The minimum atomic E-state index is 0.371. The predicted molar refractivity (Wildman–Crippen MR) is 90.9 cm³/mol. The lowest BCUT2D eigenvalue weighted by Gasteiger charge is -2.14. The number of hydrogen-bond acceptors (Lipinski definition) is 2. The van der Waals surface area contributed by atoms with Crippen molar-refractivity contribution in [1.82, 2.24) is 20.2 Å². The number of nitrogens with one attached hydrogen (secondary N) is 2. The summed E-state index contributed by atoms with van der Waals surface area (Å²) in [5, 5.41) is 6.57. The molecule has 0 fully saturated rings. The van der Waals surface area contributed by atoms with Gasteiger partial charge in [-0.3, -0.25) is 0 Å². The fraction of sp³-hybridized carbons (Fsp3) is 0.412. The highest BCUT2D eigenvalue weighted by atomic mass is 15.2. The van der Waals surface area contributed by atoms with Gasteiger partial charge in [0.25, 0.3) is 0 Å². The highest BCUT2D eigenvalue weighted by Gasteiger charge is 2.00. The van der Waals surface area contributed by atoms with E-state index in [0.29, 0.717) is 12.6 Å². The maximum absolute atomic E-state index is 4.61. The van der Waals surface area contributed by atoms with E-state index in [1.165, 1.54) is 11.1 Å². The molecule has 0 spiro atoms. The van der Waals surface area contributed by atoms with E-state index in [1.54, 1.807) is 6.20 Å². The summed E-state index contributed by atoms with van der Waals surface area (Å²) < 4.78 is 2.06. The van der Waals surface area contributed by atoms with Gasteiger partial charge in [-0.25, -0.2) is 9.98 Å². The van der Waals surface area contributed by atoms with Crippen molar-refractivity contribution >= 4 is 5.96 Å². The molecule has 0 bridgehead atoms. The zero-order valence-electron chi connectivity index (χ0n) is 13.6. The van der Waals surface area contributed by atoms with Crippen molar-refractivity contribution in [1.29, 1.82) is 0 Å². The highest BCUT2D eigenvalue weighted by Crippen LogP contribution is 2.07. The fourth-order valence-electron chi connectivity index (χ4n) is 2.10. The van der Waals surface area contributed by atoms with Crippen molar-refractivity contribution in [2.45, 2.75) is 39.9 Å². The molecule has 1 aromatic heterocycles. The number of aliphatic imine (C=N–C) groups is 1. The Morgan fingerprint density at radius 3 is 2.55 bits per heavy atom. The van der Waals surface area contributed by atoms with Gasteiger partial charge in [0.15, 0.2) is 5.96 Å². The van der Waals surface area contributed by atoms with E-state index in [9.17, 15) is 0 Å². The third-order valence-electron chi connectivity index (χ3n) is 3.14. The lowest BCUT2D eigenvalue weighted by molar-refractivity contribution is 0.700. The Morgan fingerprint density at radius 2 is 1.95 bits per heavy atom. The van der Waals surface area contributed by atoms with Crippen LogP contribution in [0.2, 0.25) is 0 Å². The largest absolute Gasteiger partial charge is 0.357 e. The first-order chi connectivity index (χ1) is 10.7. The van der Waals surface area contributed by atoms with E-state index in [1.807, 2.05) is 12.5 Å². The fourth-order valence-corrected chi connectivity index (χ4v) is 2.10. The van der Waals surface area contributed by atoms with Gasteiger partial charge in [0.1, 0.15) is 0 Å². The molecular formula is C17H25N5. The van der Waals surface area contributed by atoms with Crippen LogP contribution in [0.25, 0.3) is 0 Å². The van der Waals surface area contributed by atoms with E-state index in [4.69, 9.17) is 0 Å². The van der Waals surface area contributed by atoms with Gasteiger partial charge >= 0.3 is 0 Å². The van der Waals surface area contributed by atoms with Crippen LogP contribution >= 0.6 is 0 Å². The second kappa shape index (κ2) is 8.22. The quantitative estimate of drug-likeness (QED) is 0.636. The minimum absolute atomic E-state index is 0.371. The molecule has 0 unspecified atom stereocenters. The van der Waals surface area contributed by atoms with E-state index < -0.39 is 0 Å². The molecular weight excluding hydrogens is 274 g/mol. The smallest absolute Gasteiger partial charge is 0.191 e. The maximum Gasteiger partial charge on any atom is 0.191 e. The molecule has 2 aromatic rings. The second-order valence-electron chi connectivity index (χ2n) is 5.55. The molecule has 0 aliphatic heterocycles. The van der Waals surface area contributed by atoms with Gasteiger partial charge in [-0.15, -0.1) is 0 Å². The third-order valence-corrected chi connectivity index (χ3v) is 3.14. The zero-order valence-corrected chi connectivity index (χ0v) is 13.6. The molecule has 1 aromatic carbocycles. The molecule has 2 rings (SSSR count). The topological polar surface area (TPSA) is 54.2 Å². The number of aromatic nitrogens is 2. The molecule has 0 atom stereocenters. The molecule has 118 valence electrons. The summed E-state index contributed by atoms with van der Waals surface area (Å²) in [6.45, 7) is 8.68. The van der Waals surface area contributed by atoms with Crippen LogP contribution < -0.4 is 10.6 Å². The zero-order chi connectivity index (χ0) is 15.8. The Morgan fingerprint density at radius 1 is 1.23 bits per heavy atom. The summed E-state index contributed by atoms with van der Waals surface area (Å²) in [4.78, 5) is 8.67. The summed E-state index contributed by atoms with van der Waals surface area (Å²) in [5.74, 6) is 0.861. The van der Waals surface area contributed by atoms with E-state index >= 15 is 0 Å². The van der Waals surface area contributed by atoms with Crippen LogP contribution in [0.3, 0.4) is 0 Å². The first kappa shape index (κ1) is 16.1. The van der Waals surface area contributed by atoms with Crippen LogP contribution in [0, 0.1) is 0 Å². The number of guanidine groups is 1. The Balaban J connectivity index is 1.94. The monoisotopic (exact) mass is 299 g/mol. The third kappa shape index (κ3) is 5.24. The Bertz CT molecular complexity index is 570. The van der Waals surface area contributed by atoms with Gasteiger partial charge in [-0.05, 0) is 31.9 Å². The van der Waals surface area contributed by atoms with Gasteiger partial charge in [-0.1, -0.05) is 24.3 Å². The lowest BCUT2D eigenvalue weighted by atomic mass is 10.1. The normalized spacial score (nSPS) is 11.7. The van der Waals surface area contributed by atoms with Gasteiger partial charge in [-0.2, -0.15) is 0 Å². The summed E-state index contributed by atoms with van der Waals surface area (Å²) in [6, 6.07) is 8.93. The molecule has 2 N–H and O–H groups in total. The molecule has 0 aliphatic carbocycles. The highest BCUT2D eigenvalue weighted by molar-refractivity contribution is 5.79. The SMILES string of the molecule is CCNC(=NCc1ccc(Cn2ccnc2)cc1)NC(C)C. The number of imidazole rings is 1. The van der Waals surface area contributed by atoms with Crippen molar-refractivity contribution in [3.05, 3.63) is 54.1 Å². The molecule has 5 nitrogen and oxygen atoms in total. The van der Waals surface area contributed by atoms with E-state index in [0.717, 1.165) is 19.0 Å². The molecule has 0 saturated carbocycles. The van der Waals surface area contributed by atoms with Crippen molar-refractivity contribution < 1.29 is 0 Å². The van der Waals surface area contributed by atoms with Crippen LogP contribution in [-0.4, -0.2) is 28.1 Å². The van der Waals surface area contributed by atoms with Crippen molar-refractivity contribution in [3.63, 3.8) is 0 Å². The average Bonchev–Trinajstić information content (AvgIpc) is 2.99. The number of benzene rings is 1. The summed E-state index contributed by atoms with van der Waals surface area (Å²) in [6.07, 6.45) is 5.60. The van der Waals surface area contributed by atoms with Crippen LogP contribution in [0.5, 0.6) is 0 Å². The Kier molecular flexibility index (Phi) is 6.01. The van der Waals surface area contributed by atoms with Crippen LogP contribution in [0.4, 0.5) is 0 Å². The molecule has 0 amide bonds. The maximum atomic E-state index is 4.61. The standard InChI is InChI=1S/C17H25N5/c1-4-19-17(21-14(2)3)20-11-15-5-7-16(8-6-15)12-22-10-9-18-13-22/h5-10,13-14H,4,11-12H2,1-3H3,(H2,19,20,21). The van der Waals surface area contributed by atoms with Gasteiger partial charge < -0.3 is 15.2 Å². The minimum Gasteiger partial charge on any atom is -0.357 e. The molecule has 5 heteroatoms. The van der Waals surface area contributed by atoms with Crippen molar-refractivity contribution in [2.24, 2.45) is 4.99 Å². The Hall–Kier alpha value is -2.30. The number of rotatable bonds is 6. The first-order valence-corrected chi connectivity index (χ1v) is 7.75. The summed E-state index contributed by atoms with van der Waals surface area (Å²) >= 11 is 0. The van der Waals surface area contributed by atoms with Gasteiger partial charge in [0.2, 0.25) is 0 Å². The molecule has 1 heterocycles. The van der Waals surface area contributed by atoms with Gasteiger partial charge in [0, 0.05) is 31.5 Å². The predicted octanol–water partition coefficient (Wildman–Crippen LogP) is 2.39. The van der Waals surface area contributed by atoms with Crippen molar-refractivity contribution in [3.8, 4) is 0 Å². The second-order valence-corrected chi connectivity index (χ2v) is 5.55. The summed E-state index contributed by atoms with van der Waals surface area (Å²) in [7, 11) is 0. The van der Waals surface area contributed by atoms with E-state index in [2.05, 4.69) is 70.2 Å². The van der Waals surface area contributed by atoms with Crippen LogP contribution in [0.1, 0.15) is 31.9 Å². The van der Waals surface area contributed by atoms with Gasteiger partial charge in [0.05, 0.1) is 12.9 Å². The molecule has 0 radical (unpaired) electrons. The van der Waals surface area contributed by atoms with E-state index in [-0.39, 0.29) is 0 Å². The lowest BCUT2D eigenvalue weighted by Crippen LogP contribution is -2.40. The van der Waals surface area contributed by atoms with Crippen LogP contribution in [0.15, 0.2) is 48.0 Å². The Labute approximate surface area is 132 Å². The average molecular weight is 299 g/mol. The summed E-state index contributed by atoms with van der Waals surface area (Å²) in [5.41, 5.74) is 2.47. The molecule has 22 heavy (non-hydrogen) atoms. The first-order valence-electron chi connectivity index (χ1n) is 7.75.